The van der Waals surface area contributed by atoms with Crippen molar-refractivity contribution < 1.29 is 9.59 Å². The molecule has 1 aliphatic carbocycles. The topological polar surface area (TPSA) is 37.4 Å². The fourth-order valence-corrected chi connectivity index (χ4v) is 5.06. The van der Waals surface area contributed by atoms with E-state index in [2.05, 4.69) is 18.7 Å². The number of piperidine rings is 1. The number of thioether (sulfide) groups is 1. The number of carbonyl (C=O) groups is 2. The van der Waals surface area contributed by atoms with Crippen LogP contribution in [0, 0.1) is 5.92 Å². The van der Waals surface area contributed by atoms with Crippen LogP contribution in [-0.2, 0) is 9.59 Å². The monoisotopic (exact) mass is 351 g/mol. The molecule has 24 heavy (non-hydrogen) atoms. The first-order valence-corrected chi connectivity index (χ1v) is 10.8. The number of rotatable bonds is 8. The third-order valence-corrected chi connectivity index (χ3v) is 6.23. The van der Waals surface area contributed by atoms with Gasteiger partial charge in [0.05, 0.1) is 5.57 Å². The highest BCUT2D eigenvalue weighted by molar-refractivity contribution is 7.99. The van der Waals surface area contributed by atoms with Gasteiger partial charge in [0.25, 0.3) is 0 Å². The molecule has 2 aliphatic rings. The zero-order chi connectivity index (χ0) is 17.5. The van der Waals surface area contributed by atoms with Gasteiger partial charge in [0.1, 0.15) is 0 Å². The standard InChI is InChI=1S/C20H33NO2S/c1-4-9-18(22)20-17(21-10-7-6-8-11-21)13-16(14-19(20)23)12-15(3)24-5-2/h15-16H,4-14H2,1-3H3/t15-,16-/m1/s1. The van der Waals surface area contributed by atoms with E-state index < -0.39 is 0 Å². The van der Waals surface area contributed by atoms with E-state index in [4.69, 9.17) is 0 Å². The molecule has 0 unspecified atom stereocenters. The Morgan fingerprint density at radius 3 is 2.54 bits per heavy atom. The van der Waals surface area contributed by atoms with E-state index in [1.807, 2.05) is 18.7 Å². The van der Waals surface area contributed by atoms with Crippen LogP contribution in [0.3, 0.4) is 0 Å². The number of nitrogens with zero attached hydrogens (tertiary/aromatic N) is 1. The summed E-state index contributed by atoms with van der Waals surface area (Å²) in [4.78, 5) is 27.7. The number of carbonyl (C=O) groups excluding carboxylic acids is 2. The van der Waals surface area contributed by atoms with Crippen LogP contribution >= 0.6 is 11.8 Å². The minimum Gasteiger partial charge on any atom is -0.374 e. The van der Waals surface area contributed by atoms with Gasteiger partial charge in [-0.2, -0.15) is 11.8 Å². The van der Waals surface area contributed by atoms with E-state index in [1.54, 1.807) is 0 Å². The molecule has 0 saturated carbocycles. The van der Waals surface area contributed by atoms with Crippen molar-refractivity contribution in [2.24, 2.45) is 5.92 Å². The lowest BCUT2D eigenvalue weighted by molar-refractivity contribution is -0.122. The summed E-state index contributed by atoms with van der Waals surface area (Å²) in [5.74, 6) is 1.72. The Bertz CT molecular complexity index is 480. The van der Waals surface area contributed by atoms with Crippen LogP contribution in [0.4, 0.5) is 0 Å². The summed E-state index contributed by atoms with van der Waals surface area (Å²) in [6, 6.07) is 0. The fourth-order valence-electron chi connectivity index (χ4n) is 4.08. The lowest BCUT2D eigenvalue weighted by Gasteiger charge is -2.37. The largest absolute Gasteiger partial charge is 0.374 e. The fraction of sp³-hybridized carbons (Fsp3) is 0.800. The Kier molecular flexibility index (Phi) is 7.86. The molecular formula is C20H33NO2S. The molecule has 1 saturated heterocycles. The SMILES string of the molecule is CCCC(=O)C1=C(N2CCCCC2)C[C@@H](C[C@@H](C)SCC)CC1=O. The van der Waals surface area contributed by atoms with E-state index in [1.165, 1.54) is 19.3 Å². The molecule has 0 aromatic heterocycles. The first kappa shape index (κ1) is 19.6. The maximum atomic E-state index is 12.8. The zero-order valence-electron chi connectivity index (χ0n) is 15.6. The summed E-state index contributed by atoms with van der Waals surface area (Å²) in [6.07, 6.45) is 7.52. The minimum absolute atomic E-state index is 0.0810. The molecule has 0 radical (unpaired) electrons. The number of hydrogen-bond acceptors (Lipinski definition) is 4. The van der Waals surface area contributed by atoms with Gasteiger partial charge in [-0.15, -0.1) is 0 Å². The number of ketones is 2. The van der Waals surface area contributed by atoms with Gasteiger partial charge >= 0.3 is 0 Å². The highest BCUT2D eigenvalue weighted by atomic mass is 32.2. The van der Waals surface area contributed by atoms with Crippen LogP contribution in [0.15, 0.2) is 11.3 Å². The molecule has 1 aliphatic heterocycles. The van der Waals surface area contributed by atoms with E-state index >= 15 is 0 Å². The summed E-state index contributed by atoms with van der Waals surface area (Å²) >= 11 is 1.97. The number of hydrogen-bond donors (Lipinski definition) is 0. The number of likely N-dealkylation sites (tertiary alicyclic amines) is 1. The molecular weight excluding hydrogens is 318 g/mol. The van der Waals surface area contributed by atoms with E-state index in [-0.39, 0.29) is 11.6 Å². The van der Waals surface area contributed by atoms with Crippen LogP contribution < -0.4 is 0 Å². The van der Waals surface area contributed by atoms with Gasteiger partial charge in [0.15, 0.2) is 11.6 Å². The number of Topliss-reactive ketones (excluding diaryl/α,β-unsaturated/α-hetero) is 2. The molecule has 2 atom stereocenters. The molecule has 0 bridgehead atoms. The molecule has 0 aromatic rings. The Hall–Kier alpha value is -0.770. The average Bonchev–Trinajstić information content (AvgIpc) is 2.55. The van der Waals surface area contributed by atoms with Crippen molar-refractivity contribution in [3.63, 3.8) is 0 Å². The smallest absolute Gasteiger partial charge is 0.168 e. The highest BCUT2D eigenvalue weighted by Gasteiger charge is 2.34. The highest BCUT2D eigenvalue weighted by Crippen LogP contribution is 2.36. The van der Waals surface area contributed by atoms with Gasteiger partial charge in [-0.3, -0.25) is 9.59 Å². The van der Waals surface area contributed by atoms with Crippen LogP contribution in [0.5, 0.6) is 0 Å². The Morgan fingerprint density at radius 1 is 1.21 bits per heavy atom. The lowest BCUT2D eigenvalue weighted by atomic mass is 9.80. The Balaban J connectivity index is 2.21. The summed E-state index contributed by atoms with van der Waals surface area (Å²) in [7, 11) is 0. The lowest BCUT2D eigenvalue weighted by Crippen LogP contribution is -2.37. The molecule has 0 N–H and O–H groups in total. The van der Waals surface area contributed by atoms with Gasteiger partial charge in [0, 0.05) is 36.9 Å². The van der Waals surface area contributed by atoms with Gasteiger partial charge in [-0.25, -0.2) is 0 Å². The summed E-state index contributed by atoms with van der Waals surface area (Å²) in [6.45, 7) is 8.49. The molecule has 0 amide bonds. The van der Waals surface area contributed by atoms with Gasteiger partial charge in [0.2, 0.25) is 0 Å². The minimum atomic E-state index is 0.0810. The number of allylic oxidation sites excluding steroid dienone is 2. The van der Waals surface area contributed by atoms with Crippen molar-refractivity contribution in [3.8, 4) is 0 Å². The second kappa shape index (κ2) is 9.65. The quantitative estimate of drug-likeness (QED) is 0.599. The maximum Gasteiger partial charge on any atom is 0.168 e. The Labute approximate surface area is 151 Å². The van der Waals surface area contributed by atoms with Crippen molar-refractivity contribution in [1.82, 2.24) is 4.90 Å². The summed E-state index contributed by atoms with van der Waals surface area (Å²) in [5.41, 5.74) is 1.65. The van der Waals surface area contributed by atoms with Crippen molar-refractivity contribution >= 4 is 23.3 Å². The molecule has 4 heteroatoms. The second-order valence-electron chi connectivity index (χ2n) is 7.24. The first-order chi connectivity index (χ1) is 11.6. The van der Waals surface area contributed by atoms with Crippen molar-refractivity contribution in [3.05, 3.63) is 11.3 Å². The van der Waals surface area contributed by atoms with Crippen molar-refractivity contribution in [2.45, 2.75) is 77.4 Å². The molecule has 3 nitrogen and oxygen atoms in total. The van der Waals surface area contributed by atoms with Gasteiger partial charge < -0.3 is 4.90 Å². The third kappa shape index (κ3) is 5.11. The molecule has 1 fully saturated rings. The molecule has 2 rings (SSSR count). The normalized spacial score (nSPS) is 23.5. The van der Waals surface area contributed by atoms with Gasteiger partial charge in [-0.1, -0.05) is 20.8 Å². The Morgan fingerprint density at radius 2 is 1.92 bits per heavy atom. The van der Waals surface area contributed by atoms with Crippen LogP contribution in [0.25, 0.3) is 0 Å². The van der Waals surface area contributed by atoms with E-state index in [0.717, 1.165) is 43.8 Å². The first-order valence-electron chi connectivity index (χ1n) is 9.72. The molecule has 136 valence electrons. The molecule has 0 spiro atoms. The molecule has 1 heterocycles. The van der Waals surface area contributed by atoms with Crippen molar-refractivity contribution in [1.29, 1.82) is 0 Å². The summed E-state index contributed by atoms with van der Waals surface area (Å²) < 4.78 is 0. The molecule has 0 aromatic carbocycles. The maximum absolute atomic E-state index is 12.8. The van der Waals surface area contributed by atoms with Crippen LogP contribution in [0.1, 0.15) is 72.1 Å². The summed E-state index contributed by atoms with van der Waals surface area (Å²) in [5, 5.41) is 0.586. The van der Waals surface area contributed by atoms with Crippen LogP contribution in [-0.4, -0.2) is 40.6 Å². The van der Waals surface area contributed by atoms with Crippen molar-refractivity contribution in [2.75, 3.05) is 18.8 Å². The predicted molar refractivity (Wildman–Crippen MR) is 102 cm³/mol. The zero-order valence-corrected chi connectivity index (χ0v) is 16.4. The van der Waals surface area contributed by atoms with E-state index in [0.29, 0.717) is 29.6 Å². The second-order valence-corrected chi connectivity index (χ2v) is 8.96. The average molecular weight is 352 g/mol. The van der Waals surface area contributed by atoms with Crippen LogP contribution in [0.2, 0.25) is 0 Å². The van der Waals surface area contributed by atoms with E-state index in [9.17, 15) is 9.59 Å². The third-order valence-electron chi connectivity index (χ3n) is 5.13. The predicted octanol–water partition coefficient (Wildman–Crippen LogP) is 4.61. The van der Waals surface area contributed by atoms with Gasteiger partial charge in [-0.05, 0) is 50.2 Å².